The van der Waals surface area contributed by atoms with Gasteiger partial charge in [0.25, 0.3) is 10.2 Å². The van der Waals surface area contributed by atoms with Crippen LogP contribution in [0, 0.1) is 0 Å². The lowest BCUT2D eigenvalue weighted by Gasteiger charge is -2.28. The van der Waals surface area contributed by atoms with Crippen molar-refractivity contribution in [2.75, 3.05) is 33.3 Å². The quantitative estimate of drug-likeness (QED) is 0.569. The van der Waals surface area contributed by atoms with Gasteiger partial charge < -0.3 is 4.74 Å². The van der Waals surface area contributed by atoms with E-state index in [1.165, 1.54) is 15.7 Å². The zero-order valence-electron chi connectivity index (χ0n) is 12.4. The summed E-state index contributed by atoms with van der Waals surface area (Å²) in [5.74, 6) is -0.537. The van der Waals surface area contributed by atoms with E-state index in [2.05, 4.69) is 4.74 Å². The highest BCUT2D eigenvalue weighted by Crippen LogP contribution is 2.11. The number of ether oxygens (including phenoxy) is 1. The van der Waals surface area contributed by atoms with Crippen LogP contribution in [-0.2, 0) is 19.7 Å². The zero-order valence-corrected chi connectivity index (χ0v) is 13.2. The largest absolute Gasteiger partial charge is 0.468 e. The summed E-state index contributed by atoms with van der Waals surface area (Å²) in [5.41, 5.74) is 0. The first kappa shape index (κ1) is 18.3. The minimum absolute atomic E-state index is 0.226. The minimum Gasteiger partial charge on any atom is -0.468 e. The van der Waals surface area contributed by atoms with E-state index in [1.54, 1.807) is 0 Å². The molecule has 0 atom stereocenters. The lowest BCUT2D eigenvalue weighted by molar-refractivity contribution is -0.140. The summed E-state index contributed by atoms with van der Waals surface area (Å²) in [6.45, 7) is 6.78. The van der Waals surface area contributed by atoms with E-state index in [-0.39, 0.29) is 6.54 Å². The molecule has 0 aliphatic carbocycles. The fourth-order valence-electron chi connectivity index (χ4n) is 1.74. The van der Waals surface area contributed by atoms with Gasteiger partial charge in [0, 0.05) is 19.6 Å². The predicted octanol–water partition coefficient (Wildman–Crippen LogP) is 1.24. The maximum Gasteiger partial charge on any atom is 0.321 e. The smallest absolute Gasteiger partial charge is 0.321 e. The average molecular weight is 294 g/mol. The molecule has 114 valence electrons. The van der Waals surface area contributed by atoms with Crippen molar-refractivity contribution in [2.24, 2.45) is 0 Å². The molecule has 0 amide bonds. The molecule has 0 aromatic heterocycles. The number of esters is 1. The topological polar surface area (TPSA) is 66.9 Å². The highest BCUT2D eigenvalue weighted by Gasteiger charge is 2.29. The van der Waals surface area contributed by atoms with Crippen LogP contribution in [0.5, 0.6) is 0 Å². The molecule has 0 aromatic carbocycles. The number of carbonyl (C=O) groups excluding carboxylic acids is 1. The molecule has 0 rings (SSSR count). The summed E-state index contributed by atoms with van der Waals surface area (Å²) in [6, 6.07) is 0. The highest BCUT2D eigenvalue weighted by atomic mass is 32.2. The third kappa shape index (κ3) is 5.88. The molecule has 0 spiro atoms. The molecule has 0 bridgehead atoms. The number of nitrogens with zero attached hydrogens (tertiary/aromatic N) is 2. The molecule has 0 aliphatic rings. The van der Waals surface area contributed by atoms with Gasteiger partial charge in [0.05, 0.1) is 7.11 Å². The van der Waals surface area contributed by atoms with E-state index in [1.807, 2.05) is 20.8 Å². The number of hydrogen-bond acceptors (Lipinski definition) is 4. The zero-order chi connectivity index (χ0) is 14.9. The summed E-state index contributed by atoms with van der Waals surface area (Å²) in [7, 11) is -2.33. The molecule has 7 heteroatoms. The maximum atomic E-state index is 12.5. The van der Waals surface area contributed by atoms with E-state index >= 15 is 0 Å². The Hall–Kier alpha value is -0.660. The summed E-state index contributed by atoms with van der Waals surface area (Å²) in [6.07, 6.45) is 2.15. The lowest BCUT2D eigenvalue weighted by atomic mass is 10.4. The van der Waals surface area contributed by atoms with Gasteiger partial charge in [-0.2, -0.15) is 17.0 Å². The Balaban J connectivity index is 5.06. The van der Waals surface area contributed by atoms with Crippen molar-refractivity contribution in [1.29, 1.82) is 0 Å². The molecule has 6 nitrogen and oxygen atoms in total. The first-order chi connectivity index (χ1) is 8.93. The minimum atomic E-state index is -3.59. The highest BCUT2D eigenvalue weighted by molar-refractivity contribution is 7.86. The van der Waals surface area contributed by atoms with Crippen LogP contribution < -0.4 is 0 Å². The number of rotatable bonds is 10. The second-order valence-electron chi connectivity index (χ2n) is 4.32. The molecule has 0 saturated carbocycles. The van der Waals surface area contributed by atoms with Gasteiger partial charge in [0.1, 0.15) is 6.54 Å². The van der Waals surface area contributed by atoms with Crippen LogP contribution in [0.3, 0.4) is 0 Å². The van der Waals surface area contributed by atoms with Crippen LogP contribution in [0.15, 0.2) is 0 Å². The van der Waals surface area contributed by atoms with Crippen LogP contribution in [0.2, 0.25) is 0 Å². The fraction of sp³-hybridized carbons (Fsp3) is 0.917. The first-order valence-corrected chi connectivity index (χ1v) is 8.15. The van der Waals surface area contributed by atoms with Crippen LogP contribution in [-0.4, -0.2) is 56.3 Å². The molecule has 0 radical (unpaired) electrons. The van der Waals surface area contributed by atoms with E-state index in [0.717, 1.165) is 12.8 Å². The van der Waals surface area contributed by atoms with Gasteiger partial charge in [0.2, 0.25) is 0 Å². The first-order valence-electron chi connectivity index (χ1n) is 6.75. The standard InChI is InChI=1S/C12H26N2O4S/c1-5-8-13(9-6-2)19(16,17)14(10-7-3)11-12(15)18-4/h5-11H2,1-4H3. The number of hydrogen-bond donors (Lipinski definition) is 0. The van der Waals surface area contributed by atoms with Gasteiger partial charge in [-0.25, -0.2) is 0 Å². The van der Waals surface area contributed by atoms with Crippen molar-refractivity contribution >= 4 is 16.2 Å². The molecule has 0 heterocycles. The summed E-state index contributed by atoms with van der Waals surface area (Å²) < 4.78 is 32.2. The third-order valence-electron chi connectivity index (χ3n) is 2.60. The average Bonchev–Trinajstić information content (AvgIpc) is 2.37. The van der Waals surface area contributed by atoms with Gasteiger partial charge in [-0.1, -0.05) is 20.8 Å². The summed E-state index contributed by atoms with van der Waals surface area (Å²) >= 11 is 0. The van der Waals surface area contributed by atoms with Crippen molar-refractivity contribution < 1.29 is 17.9 Å². The van der Waals surface area contributed by atoms with Crippen LogP contribution >= 0.6 is 0 Å². The SMILES string of the molecule is CCCN(CCC)S(=O)(=O)N(CCC)CC(=O)OC. The van der Waals surface area contributed by atoms with Crippen molar-refractivity contribution in [2.45, 2.75) is 40.0 Å². The third-order valence-corrected chi connectivity index (χ3v) is 4.59. The van der Waals surface area contributed by atoms with Gasteiger partial charge in [-0.15, -0.1) is 0 Å². The maximum absolute atomic E-state index is 12.5. The van der Waals surface area contributed by atoms with E-state index in [9.17, 15) is 13.2 Å². The summed E-state index contributed by atoms with van der Waals surface area (Å²) in [4.78, 5) is 11.3. The van der Waals surface area contributed by atoms with Gasteiger partial charge >= 0.3 is 5.97 Å². The van der Waals surface area contributed by atoms with Gasteiger partial charge in [-0.3, -0.25) is 4.79 Å². The van der Waals surface area contributed by atoms with Gasteiger partial charge in [0.15, 0.2) is 0 Å². The van der Waals surface area contributed by atoms with Crippen molar-refractivity contribution in [3.05, 3.63) is 0 Å². The Bertz CT molecular complexity index is 351. The fourth-order valence-corrected chi connectivity index (χ4v) is 3.57. The molecule has 0 N–H and O–H groups in total. The van der Waals surface area contributed by atoms with E-state index < -0.39 is 16.2 Å². The van der Waals surface area contributed by atoms with Crippen LogP contribution in [0.1, 0.15) is 40.0 Å². The second-order valence-corrected chi connectivity index (χ2v) is 6.24. The molecule has 0 fully saturated rings. The van der Waals surface area contributed by atoms with Crippen molar-refractivity contribution in [3.63, 3.8) is 0 Å². The monoisotopic (exact) mass is 294 g/mol. The Labute approximate surface area is 116 Å². The molecule has 0 aromatic rings. The Morgan fingerprint density at radius 2 is 1.37 bits per heavy atom. The summed E-state index contributed by atoms with van der Waals surface area (Å²) in [5, 5.41) is 0. The molecule has 0 aliphatic heterocycles. The molecule has 0 unspecified atom stereocenters. The Kier molecular flexibility index (Phi) is 8.95. The van der Waals surface area contributed by atoms with Gasteiger partial charge in [-0.05, 0) is 19.3 Å². The predicted molar refractivity (Wildman–Crippen MR) is 75.0 cm³/mol. The van der Waals surface area contributed by atoms with Crippen LogP contribution in [0.4, 0.5) is 0 Å². The normalized spacial score (nSPS) is 12.1. The van der Waals surface area contributed by atoms with Crippen LogP contribution in [0.25, 0.3) is 0 Å². The van der Waals surface area contributed by atoms with Crippen molar-refractivity contribution in [3.8, 4) is 0 Å². The van der Waals surface area contributed by atoms with Crippen molar-refractivity contribution in [1.82, 2.24) is 8.61 Å². The van der Waals surface area contributed by atoms with E-state index in [4.69, 9.17) is 0 Å². The Morgan fingerprint density at radius 1 is 0.947 bits per heavy atom. The molecule has 0 saturated heterocycles. The molecular weight excluding hydrogens is 268 g/mol. The van der Waals surface area contributed by atoms with E-state index in [0.29, 0.717) is 26.1 Å². The molecular formula is C12H26N2O4S. The lowest BCUT2D eigenvalue weighted by Crippen LogP contribution is -2.47. The molecule has 19 heavy (non-hydrogen) atoms. The second kappa shape index (κ2) is 9.28. The number of carbonyl (C=O) groups is 1. The Morgan fingerprint density at radius 3 is 1.74 bits per heavy atom. The number of methoxy groups -OCH3 is 1.